The molecule has 0 bridgehead atoms. The molecule has 0 aliphatic carbocycles. The topological polar surface area (TPSA) is 40.6 Å². The van der Waals surface area contributed by atoms with E-state index in [-0.39, 0.29) is 11.8 Å². The van der Waals surface area contributed by atoms with Crippen molar-refractivity contribution in [2.75, 3.05) is 32.1 Å². The predicted octanol–water partition coefficient (Wildman–Crippen LogP) is 2.44. The summed E-state index contributed by atoms with van der Waals surface area (Å²) in [6.07, 6.45) is 2.28. The summed E-state index contributed by atoms with van der Waals surface area (Å²) in [4.78, 5) is 28.6. The van der Waals surface area contributed by atoms with Gasteiger partial charge in [0, 0.05) is 38.5 Å². The summed E-state index contributed by atoms with van der Waals surface area (Å²) in [5.74, 6) is 0.865. The number of amides is 2. The zero-order chi connectivity index (χ0) is 14.4. The SMILES string of the molecule is O=C(CCCCCl)N1CCN(C(=O)c2cccs2)CC1. The highest BCUT2D eigenvalue weighted by atomic mass is 35.5. The molecule has 0 radical (unpaired) electrons. The molecule has 0 N–H and O–H groups in total. The molecule has 20 heavy (non-hydrogen) atoms. The summed E-state index contributed by atoms with van der Waals surface area (Å²) >= 11 is 7.07. The first-order chi connectivity index (χ1) is 9.72. The standard InChI is InChI=1S/C14H19ClN2O2S/c15-6-2-1-5-13(18)16-7-9-17(10-8-16)14(19)12-4-3-11-20-12/h3-4,11H,1-2,5-10H2. The van der Waals surface area contributed by atoms with Crippen LogP contribution < -0.4 is 0 Å². The van der Waals surface area contributed by atoms with Crippen LogP contribution in [0.15, 0.2) is 17.5 Å². The Morgan fingerprint density at radius 3 is 2.45 bits per heavy atom. The fourth-order valence-corrected chi connectivity index (χ4v) is 3.12. The zero-order valence-electron chi connectivity index (χ0n) is 11.4. The quantitative estimate of drug-likeness (QED) is 0.618. The minimum absolute atomic E-state index is 0.0780. The van der Waals surface area contributed by atoms with E-state index in [0.29, 0.717) is 38.5 Å². The van der Waals surface area contributed by atoms with Gasteiger partial charge in [-0.05, 0) is 24.3 Å². The lowest BCUT2D eigenvalue weighted by molar-refractivity contribution is -0.132. The summed E-state index contributed by atoms with van der Waals surface area (Å²) in [7, 11) is 0. The maximum absolute atomic E-state index is 12.2. The molecule has 0 spiro atoms. The fraction of sp³-hybridized carbons (Fsp3) is 0.571. The van der Waals surface area contributed by atoms with Crippen molar-refractivity contribution in [3.63, 3.8) is 0 Å². The van der Waals surface area contributed by atoms with Crippen molar-refractivity contribution in [3.8, 4) is 0 Å². The number of thiophene rings is 1. The minimum Gasteiger partial charge on any atom is -0.339 e. The monoisotopic (exact) mass is 314 g/mol. The van der Waals surface area contributed by atoms with Crippen LogP contribution in [0, 0.1) is 0 Å². The molecular formula is C14H19ClN2O2S. The van der Waals surface area contributed by atoms with Gasteiger partial charge in [-0.25, -0.2) is 0 Å². The van der Waals surface area contributed by atoms with Crippen molar-refractivity contribution >= 4 is 34.8 Å². The Hall–Kier alpha value is -1.07. The molecule has 0 saturated carbocycles. The number of hydrogen-bond donors (Lipinski definition) is 0. The van der Waals surface area contributed by atoms with Gasteiger partial charge in [-0.2, -0.15) is 0 Å². The Balaban J connectivity index is 1.77. The first-order valence-corrected chi connectivity index (χ1v) is 8.30. The summed E-state index contributed by atoms with van der Waals surface area (Å²) < 4.78 is 0. The normalized spacial score (nSPS) is 15.4. The van der Waals surface area contributed by atoms with Gasteiger partial charge in [0.1, 0.15) is 0 Å². The molecule has 110 valence electrons. The van der Waals surface area contributed by atoms with E-state index in [1.807, 2.05) is 27.3 Å². The second-order valence-electron chi connectivity index (χ2n) is 4.80. The highest BCUT2D eigenvalue weighted by Gasteiger charge is 2.24. The number of alkyl halides is 1. The fourth-order valence-electron chi connectivity index (χ4n) is 2.24. The summed E-state index contributed by atoms with van der Waals surface area (Å²) in [5, 5.41) is 1.91. The van der Waals surface area contributed by atoms with Crippen LogP contribution >= 0.6 is 22.9 Å². The third-order valence-corrected chi connectivity index (χ3v) is 4.55. The summed E-state index contributed by atoms with van der Waals surface area (Å²) in [6, 6.07) is 3.73. The smallest absolute Gasteiger partial charge is 0.264 e. The van der Waals surface area contributed by atoms with E-state index in [1.165, 1.54) is 11.3 Å². The third-order valence-electron chi connectivity index (χ3n) is 3.43. The Morgan fingerprint density at radius 1 is 1.15 bits per heavy atom. The Labute approximate surface area is 128 Å². The van der Waals surface area contributed by atoms with E-state index in [4.69, 9.17) is 11.6 Å². The molecule has 1 aliphatic rings. The first kappa shape index (κ1) is 15.3. The largest absolute Gasteiger partial charge is 0.339 e. The average molecular weight is 315 g/mol. The van der Waals surface area contributed by atoms with Gasteiger partial charge in [-0.3, -0.25) is 9.59 Å². The molecule has 0 unspecified atom stereocenters. The van der Waals surface area contributed by atoms with Gasteiger partial charge in [0.05, 0.1) is 4.88 Å². The maximum Gasteiger partial charge on any atom is 0.264 e. The maximum atomic E-state index is 12.2. The lowest BCUT2D eigenvalue weighted by Gasteiger charge is -2.34. The molecule has 0 atom stereocenters. The van der Waals surface area contributed by atoms with Crippen molar-refractivity contribution in [2.24, 2.45) is 0 Å². The van der Waals surface area contributed by atoms with Crippen molar-refractivity contribution < 1.29 is 9.59 Å². The molecule has 6 heteroatoms. The Bertz CT molecular complexity index is 442. The van der Waals surface area contributed by atoms with Crippen LogP contribution in [0.4, 0.5) is 0 Å². The van der Waals surface area contributed by atoms with Crippen LogP contribution in [0.1, 0.15) is 28.9 Å². The number of piperazine rings is 1. The van der Waals surface area contributed by atoms with Gasteiger partial charge in [-0.1, -0.05) is 6.07 Å². The highest BCUT2D eigenvalue weighted by Crippen LogP contribution is 2.14. The number of rotatable bonds is 5. The molecule has 1 aliphatic heterocycles. The number of hydrogen-bond acceptors (Lipinski definition) is 3. The van der Waals surface area contributed by atoms with E-state index in [2.05, 4.69) is 0 Å². The van der Waals surface area contributed by atoms with E-state index >= 15 is 0 Å². The zero-order valence-corrected chi connectivity index (χ0v) is 13.0. The predicted molar refractivity (Wildman–Crippen MR) is 81.4 cm³/mol. The second-order valence-corrected chi connectivity index (χ2v) is 6.12. The van der Waals surface area contributed by atoms with E-state index < -0.39 is 0 Å². The van der Waals surface area contributed by atoms with E-state index in [1.54, 1.807) is 0 Å². The van der Waals surface area contributed by atoms with E-state index in [9.17, 15) is 9.59 Å². The average Bonchev–Trinajstić information content (AvgIpc) is 3.01. The van der Waals surface area contributed by atoms with Gasteiger partial charge in [0.15, 0.2) is 0 Å². The van der Waals surface area contributed by atoms with Crippen LogP contribution in [-0.2, 0) is 4.79 Å². The van der Waals surface area contributed by atoms with Crippen LogP contribution in [-0.4, -0.2) is 53.7 Å². The minimum atomic E-state index is 0.0780. The molecule has 0 aromatic carbocycles. The second kappa shape index (κ2) is 7.64. The first-order valence-electron chi connectivity index (χ1n) is 6.89. The van der Waals surface area contributed by atoms with Gasteiger partial charge in [0.25, 0.3) is 5.91 Å². The lowest BCUT2D eigenvalue weighted by atomic mass is 10.2. The van der Waals surface area contributed by atoms with Crippen LogP contribution in [0.3, 0.4) is 0 Å². The Morgan fingerprint density at radius 2 is 1.85 bits per heavy atom. The Kier molecular flexibility index (Phi) is 5.86. The van der Waals surface area contributed by atoms with Gasteiger partial charge in [-0.15, -0.1) is 22.9 Å². The van der Waals surface area contributed by atoms with Crippen LogP contribution in [0.25, 0.3) is 0 Å². The number of unbranched alkanes of at least 4 members (excludes halogenated alkanes) is 1. The molecule has 4 nitrogen and oxygen atoms in total. The molecule has 1 aromatic heterocycles. The highest BCUT2D eigenvalue weighted by molar-refractivity contribution is 7.12. The molecular weight excluding hydrogens is 296 g/mol. The van der Waals surface area contributed by atoms with Crippen molar-refractivity contribution in [3.05, 3.63) is 22.4 Å². The van der Waals surface area contributed by atoms with Gasteiger partial charge < -0.3 is 9.80 Å². The summed E-state index contributed by atoms with van der Waals surface area (Å²) in [5.41, 5.74) is 0. The van der Waals surface area contributed by atoms with Gasteiger partial charge >= 0.3 is 0 Å². The van der Waals surface area contributed by atoms with Crippen LogP contribution in [0.2, 0.25) is 0 Å². The number of halogens is 1. The third kappa shape index (κ3) is 3.96. The number of carbonyl (C=O) groups is 2. The number of carbonyl (C=O) groups excluding carboxylic acids is 2. The molecule has 1 saturated heterocycles. The van der Waals surface area contributed by atoms with Crippen LogP contribution in [0.5, 0.6) is 0 Å². The van der Waals surface area contributed by atoms with Crippen molar-refractivity contribution in [1.82, 2.24) is 9.80 Å². The van der Waals surface area contributed by atoms with Gasteiger partial charge in [0.2, 0.25) is 5.91 Å². The molecule has 1 fully saturated rings. The molecule has 2 heterocycles. The van der Waals surface area contributed by atoms with Crippen molar-refractivity contribution in [2.45, 2.75) is 19.3 Å². The summed E-state index contributed by atoms with van der Waals surface area (Å²) in [6.45, 7) is 2.52. The molecule has 2 rings (SSSR count). The van der Waals surface area contributed by atoms with E-state index in [0.717, 1.165) is 17.7 Å². The number of nitrogens with zero attached hydrogens (tertiary/aromatic N) is 2. The molecule has 1 aromatic rings. The van der Waals surface area contributed by atoms with Crippen molar-refractivity contribution in [1.29, 1.82) is 0 Å². The molecule has 2 amide bonds. The lowest BCUT2D eigenvalue weighted by Crippen LogP contribution is -2.50.